The number of rotatable bonds is 4. The molecular weight excluding hydrogens is 296 g/mol. The summed E-state index contributed by atoms with van der Waals surface area (Å²) in [5, 5.41) is 5.85. The Morgan fingerprint density at radius 3 is 2.67 bits per heavy atom. The number of benzene rings is 1. The molecule has 2 N–H and O–H groups in total. The highest BCUT2D eigenvalue weighted by atomic mass is 35.5. The fourth-order valence-electron chi connectivity index (χ4n) is 1.86. The van der Waals surface area contributed by atoms with E-state index in [-0.39, 0.29) is 24.3 Å². The summed E-state index contributed by atoms with van der Waals surface area (Å²) >= 11 is 0. The van der Waals surface area contributed by atoms with Crippen molar-refractivity contribution < 1.29 is 19.1 Å². The Labute approximate surface area is 129 Å². The Balaban J connectivity index is 0.00000220. The van der Waals surface area contributed by atoms with Gasteiger partial charge in [0.25, 0.3) is 5.91 Å². The number of nitrogens with one attached hydrogen (secondary N) is 2. The second-order valence-corrected chi connectivity index (χ2v) is 4.35. The van der Waals surface area contributed by atoms with Gasteiger partial charge in [0.1, 0.15) is 6.10 Å². The van der Waals surface area contributed by atoms with Crippen LogP contribution >= 0.6 is 12.4 Å². The third-order valence-corrected chi connectivity index (χ3v) is 2.88. The monoisotopic (exact) mass is 314 g/mol. The first-order valence-electron chi connectivity index (χ1n) is 6.61. The van der Waals surface area contributed by atoms with Gasteiger partial charge in [-0.1, -0.05) is 0 Å². The molecule has 0 saturated carbocycles. The van der Waals surface area contributed by atoms with Gasteiger partial charge in [-0.15, -0.1) is 12.4 Å². The molecule has 1 saturated heterocycles. The van der Waals surface area contributed by atoms with Crippen LogP contribution < -0.4 is 10.6 Å². The second-order valence-electron chi connectivity index (χ2n) is 4.35. The van der Waals surface area contributed by atoms with Crippen LogP contribution in [0.5, 0.6) is 0 Å². The highest BCUT2D eigenvalue weighted by molar-refractivity contribution is 5.95. The summed E-state index contributed by atoms with van der Waals surface area (Å²) in [4.78, 5) is 23.4. The Hall–Kier alpha value is -1.63. The maximum atomic E-state index is 11.9. The van der Waals surface area contributed by atoms with Crippen molar-refractivity contribution in [1.29, 1.82) is 0 Å². The number of hydrogen-bond donors (Lipinski definition) is 2. The molecular formula is C14H19ClN2O4. The number of ether oxygens (including phenoxy) is 2. The molecule has 0 unspecified atom stereocenters. The standard InChI is InChI=1S/C14H18N2O4.ClH/c1-2-19-14(18)10-3-5-11(6-4-10)16-13(17)12-9-15-7-8-20-12;/h3-6,12,15H,2,7-9H2,1H3,(H,16,17);1H/t12-;/m1./s1. The molecule has 1 aliphatic heterocycles. The Morgan fingerprint density at radius 1 is 1.38 bits per heavy atom. The zero-order valence-corrected chi connectivity index (χ0v) is 12.6. The third-order valence-electron chi connectivity index (χ3n) is 2.88. The molecule has 1 amide bonds. The summed E-state index contributed by atoms with van der Waals surface area (Å²) < 4.78 is 10.2. The normalized spacial score (nSPS) is 17.5. The number of hydrogen-bond acceptors (Lipinski definition) is 5. The van der Waals surface area contributed by atoms with Crippen molar-refractivity contribution in [2.75, 3.05) is 31.6 Å². The van der Waals surface area contributed by atoms with E-state index < -0.39 is 6.10 Å². The second kappa shape index (κ2) is 8.61. The van der Waals surface area contributed by atoms with Gasteiger partial charge in [0.2, 0.25) is 0 Å². The summed E-state index contributed by atoms with van der Waals surface area (Å²) in [6, 6.07) is 6.57. The lowest BCUT2D eigenvalue weighted by atomic mass is 10.2. The summed E-state index contributed by atoms with van der Waals surface area (Å²) in [7, 11) is 0. The van der Waals surface area contributed by atoms with Crippen molar-refractivity contribution in [2.24, 2.45) is 0 Å². The van der Waals surface area contributed by atoms with Crippen molar-refractivity contribution in [3.05, 3.63) is 29.8 Å². The summed E-state index contributed by atoms with van der Waals surface area (Å²) in [6.07, 6.45) is -0.478. The van der Waals surface area contributed by atoms with Crippen LogP contribution in [0.2, 0.25) is 0 Å². The molecule has 0 aliphatic carbocycles. The van der Waals surface area contributed by atoms with Crippen LogP contribution in [0.15, 0.2) is 24.3 Å². The minimum absolute atomic E-state index is 0. The van der Waals surface area contributed by atoms with Crippen LogP contribution in [0.3, 0.4) is 0 Å². The Morgan fingerprint density at radius 2 is 2.10 bits per heavy atom. The number of carbonyl (C=O) groups excluding carboxylic acids is 2. The molecule has 0 radical (unpaired) electrons. The first-order valence-corrected chi connectivity index (χ1v) is 6.61. The highest BCUT2D eigenvalue weighted by Gasteiger charge is 2.21. The van der Waals surface area contributed by atoms with E-state index in [1.807, 2.05) is 0 Å². The molecule has 0 aromatic heterocycles. The van der Waals surface area contributed by atoms with Crippen molar-refractivity contribution in [3.63, 3.8) is 0 Å². The average Bonchev–Trinajstić information content (AvgIpc) is 2.49. The van der Waals surface area contributed by atoms with E-state index >= 15 is 0 Å². The zero-order valence-electron chi connectivity index (χ0n) is 11.8. The quantitative estimate of drug-likeness (QED) is 0.817. The number of anilines is 1. The Bertz CT molecular complexity index is 472. The van der Waals surface area contributed by atoms with E-state index in [0.29, 0.717) is 31.0 Å². The molecule has 0 bridgehead atoms. The summed E-state index contributed by atoms with van der Waals surface area (Å²) in [6.45, 7) is 3.89. The van der Waals surface area contributed by atoms with Gasteiger partial charge in [0.15, 0.2) is 0 Å². The van der Waals surface area contributed by atoms with Crippen LogP contribution in [0, 0.1) is 0 Å². The van der Waals surface area contributed by atoms with Gasteiger partial charge >= 0.3 is 5.97 Å². The van der Waals surface area contributed by atoms with Gasteiger partial charge in [-0.3, -0.25) is 4.79 Å². The Kier molecular flexibility index (Phi) is 7.14. The van der Waals surface area contributed by atoms with E-state index in [1.54, 1.807) is 31.2 Å². The van der Waals surface area contributed by atoms with Gasteiger partial charge in [-0.2, -0.15) is 0 Å². The van der Waals surface area contributed by atoms with Crippen molar-refractivity contribution >= 4 is 30.0 Å². The van der Waals surface area contributed by atoms with Gasteiger partial charge in [0.05, 0.1) is 18.8 Å². The van der Waals surface area contributed by atoms with Crippen LogP contribution in [0.25, 0.3) is 0 Å². The molecule has 0 spiro atoms. The summed E-state index contributed by atoms with van der Waals surface area (Å²) in [5.41, 5.74) is 1.08. The predicted molar refractivity (Wildman–Crippen MR) is 80.9 cm³/mol. The van der Waals surface area contributed by atoms with Crippen LogP contribution in [-0.2, 0) is 14.3 Å². The van der Waals surface area contributed by atoms with E-state index in [0.717, 1.165) is 6.54 Å². The number of halogens is 1. The van der Waals surface area contributed by atoms with Gasteiger partial charge < -0.3 is 20.1 Å². The largest absolute Gasteiger partial charge is 0.462 e. The number of morpholine rings is 1. The fourth-order valence-corrected chi connectivity index (χ4v) is 1.86. The number of carbonyl (C=O) groups is 2. The molecule has 1 heterocycles. The minimum Gasteiger partial charge on any atom is -0.462 e. The van der Waals surface area contributed by atoms with E-state index in [4.69, 9.17) is 9.47 Å². The lowest BCUT2D eigenvalue weighted by Gasteiger charge is -2.22. The number of esters is 1. The van der Waals surface area contributed by atoms with E-state index in [2.05, 4.69) is 10.6 Å². The van der Waals surface area contributed by atoms with Gasteiger partial charge in [0, 0.05) is 18.8 Å². The average molecular weight is 315 g/mol. The zero-order chi connectivity index (χ0) is 14.4. The van der Waals surface area contributed by atoms with E-state index in [1.165, 1.54) is 0 Å². The van der Waals surface area contributed by atoms with Gasteiger partial charge in [-0.05, 0) is 31.2 Å². The van der Waals surface area contributed by atoms with E-state index in [9.17, 15) is 9.59 Å². The maximum absolute atomic E-state index is 11.9. The first kappa shape index (κ1) is 17.4. The molecule has 6 nitrogen and oxygen atoms in total. The predicted octanol–water partition coefficient (Wildman–Crippen LogP) is 1.21. The highest BCUT2D eigenvalue weighted by Crippen LogP contribution is 2.11. The molecule has 1 atom stereocenters. The molecule has 1 fully saturated rings. The topological polar surface area (TPSA) is 76.7 Å². The van der Waals surface area contributed by atoms with Gasteiger partial charge in [-0.25, -0.2) is 4.79 Å². The molecule has 1 aliphatic rings. The molecule has 1 aromatic carbocycles. The molecule has 1 aromatic rings. The number of amides is 1. The van der Waals surface area contributed by atoms with Crippen LogP contribution in [0.4, 0.5) is 5.69 Å². The minimum atomic E-state index is -0.478. The van der Waals surface area contributed by atoms with Crippen LogP contribution in [-0.4, -0.2) is 44.3 Å². The van der Waals surface area contributed by atoms with Crippen molar-refractivity contribution in [2.45, 2.75) is 13.0 Å². The molecule has 21 heavy (non-hydrogen) atoms. The fraction of sp³-hybridized carbons (Fsp3) is 0.429. The van der Waals surface area contributed by atoms with Crippen LogP contribution in [0.1, 0.15) is 17.3 Å². The maximum Gasteiger partial charge on any atom is 0.338 e. The summed E-state index contributed by atoms with van der Waals surface area (Å²) in [5.74, 6) is -0.564. The van der Waals surface area contributed by atoms with Crippen molar-refractivity contribution in [3.8, 4) is 0 Å². The molecule has 2 rings (SSSR count). The smallest absolute Gasteiger partial charge is 0.338 e. The first-order chi connectivity index (χ1) is 9.70. The SMILES string of the molecule is CCOC(=O)c1ccc(NC(=O)[C@H]2CNCCO2)cc1.Cl. The molecule has 116 valence electrons. The van der Waals surface area contributed by atoms with Crippen molar-refractivity contribution in [1.82, 2.24) is 5.32 Å². The lowest BCUT2D eigenvalue weighted by Crippen LogP contribution is -2.45. The molecule has 7 heteroatoms. The lowest BCUT2D eigenvalue weighted by molar-refractivity contribution is -0.128. The third kappa shape index (κ3) is 5.00.